The Morgan fingerprint density at radius 3 is 1.00 bits per heavy atom. The molecule has 0 spiro atoms. The van der Waals surface area contributed by atoms with E-state index in [1.807, 2.05) is 0 Å². The molecule has 1 nitrogen and oxygen atoms in total. The Hall–Kier alpha value is -0.0400. The fourth-order valence-electron chi connectivity index (χ4n) is 3.35. The quantitative estimate of drug-likeness (QED) is 0.630. The number of hydrogen-bond acceptors (Lipinski definition) is 1. The van der Waals surface area contributed by atoms with Crippen LogP contribution in [0.4, 0.5) is 0 Å². The molecule has 7 atom stereocenters. The van der Waals surface area contributed by atoms with Crippen LogP contribution in [0.3, 0.4) is 0 Å². The van der Waals surface area contributed by atoms with E-state index in [4.69, 9.17) is 5.73 Å². The first-order valence-electron chi connectivity index (χ1n) is 8.77. The maximum atomic E-state index is 6.61. The van der Waals surface area contributed by atoms with Crippen LogP contribution in [0.5, 0.6) is 0 Å². The van der Waals surface area contributed by atoms with Gasteiger partial charge < -0.3 is 5.73 Å². The zero-order chi connectivity index (χ0) is 16.2. The molecule has 20 heavy (non-hydrogen) atoms. The van der Waals surface area contributed by atoms with Crippen LogP contribution in [0.2, 0.25) is 0 Å². The highest BCUT2D eigenvalue weighted by Crippen LogP contribution is 2.35. The maximum absolute atomic E-state index is 6.61. The molecule has 0 aromatic carbocycles. The van der Waals surface area contributed by atoms with Crippen LogP contribution in [-0.2, 0) is 0 Å². The van der Waals surface area contributed by atoms with Crippen molar-refractivity contribution in [3.63, 3.8) is 0 Å². The fraction of sp³-hybridized carbons (Fsp3) is 1.00. The second-order valence-electron chi connectivity index (χ2n) is 8.22. The first kappa shape index (κ1) is 20.0. The topological polar surface area (TPSA) is 26.0 Å². The van der Waals surface area contributed by atoms with Crippen LogP contribution >= 0.6 is 0 Å². The summed E-state index contributed by atoms with van der Waals surface area (Å²) in [6, 6.07) is 0.309. The summed E-state index contributed by atoms with van der Waals surface area (Å²) >= 11 is 0. The molecule has 122 valence electrons. The van der Waals surface area contributed by atoms with Crippen molar-refractivity contribution in [1.29, 1.82) is 0 Å². The van der Waals surface area contributed by atoms with Gasteiger partial charge in [0.15, 0.2) is 0 Å². The largest absolute Gasteiger partial charge is 0.327 e. The van der Waals surface area contributed by atoms with Gasteiger partial charge in [0.1, 0.15) is 0 Å². The molecular formula is C19H41N. The van der Waals surface area contributed by atoms with Gasteiger partial charge in [0.2, 0.25) is 0 Å². The summed E-state index contributed by atoms with van der Waals surface area (Å²) in [5.74, 6) is 5.52. The smallest absolute Gasteiger partial charge is 0.00956 e. The van der Waals surface area contributed by atoms with Crippen LogP contribution in [-0.4, -0.2) is 6.04 Å². The third kappa shape index (κ3) is 5.06. The van der Waals surface area contributed by atoms with Gasteiger partial charge in [0, 0.05) is 6.04 Å². The Morgan fingerprint density at radius 1 is 0.400 bits per heavy atom. The number of rotatable bonds is 8. The summed E-state index contributed by atoms with van der Waals surface area (Å²) in [4.78, 5) is 0. The van der Waals surface area contributed by atoms with E-state index in [0.717, 1.165) is 17.8 Å². The average Bonchev–Trinajstić information content (AvgIpc) is 2.40. The minimum absolute atomic E-state index is 0.309. The first-order valence-corrected chi connectivity index (χ1v) is 8.77. The zero-order valence-corrected chi connectivity index (χ0v) is 15.8. The monoisotopic (exact) mass is 283 g/mol. The van der Waals surface area contributed by atoms with Crippen molar-refractivity contribution in [3.05, 3.63) is 0 Å². The van der Waals surface area contributed by atoms with Gasteiger partial charge in [-0.15, -0.1) is 0 Å². The Kier molecular flexibility index (Phi) is 8.40. The van der Waals surface area contributed by atoms with Gasteiger partial charge in [-0.1, -0.05) is 69.2 Å². The molecule has 0 aliphatic carbocycles. The van der Waals surface area contributed by atoms with Gasteiger partial charge in [-0.2, -0.15) is 0 Å². The van der Waals surface area contributed by atoms with E-state index in [2.05, 4.69) is 69.2 Å². The van der Waals surface area contributed by atoms with Crippen molar-refractivity contribution in [1.82, 2.24) is 0 Å². The van der Waals surface area contributed by atoms with Crippen LogP contribution in [0, 0.1) is 47.3 Å². The molecule has 0 fully saturated rings. The lowest BCUT2D eigenvalue weighted by Gasteiger charge is -2.39. The third-order valence-corrected chi connectivity index (χ3v) is 6.63. The molecule has 0 aromatic heterocycles. The molecule has 0 rings (SSSR count). The van der Waals surface area contributed by atoms with E-state index in [9.17, 15) is 0 Å². The second kappa shape index (κ2) is 8.41. The van der Waals surface area contributed by atoms with Gasteiger partial charge in [-0.3, -0.25) is 0 Å². The van der Waals surface area contributed by atoms with Crippen LogP contribution in [0.15, 0.2) is 0 Å². The minimum Gasteiger partial charge on any atom is -0.327 e. The van der Waals surface area contributed by atoms with E-state index in [1.54, 1.807) is 0 Å². The summed E-state index contributed by atoms with van der Waals surface area (Å²) in [6.45, 7) is 23.6. The highest BCUT2D eigenvalue weighted by atomic mass is 14.7. The molecule has 0 aliphatic heterocycles. The van der Waals surface area contributed by atoms with Gasteiger partial charge in [0.25, 0.3) is 0 Å². The molecule has 0 aliphatic rings. The van der Waals surface area contributed by atoms with Crippen molar-refractivity contribution in [2.24, 2.45) is 53.1 Å². The van der Waals surface area contributed by atoms with Crippen molar-refractivity contribution < 1.29 is 0 Å². The Balaban J connectivity index is 4.75. The average molecular weight is 284 g/mol. The van der Waals surface area contributed by atoms with Gasteiger partial charge in [-0.25, -0.2) is 0 Å². The third-order valence-electron chi connectivity index (χ3n) is 6.63. The van der Waals surface area contributed by atoms with Crippen LogP contribution in [0.1, 0.15) is 69.2 Å². The molecule has 0 radical (unpaired) electrons. The van der Waals surface area contributed by atoms with Crippen molar-refractivity contribution in [2.45, 2.75) is 75.3 Å². The van der Waals surface area contributed by atoms with Crippen LogP contribution in [0.25, 0.3) is 0 Å². The van der Waals surface area contributed by atoms with Crippen molar-refractivity contribution >= 4 is 0 Å². The molecule has 7 unspecified atom stereocenters. The molecule has 1 heteroatoms. The number of hydrogen-bond donors (Lipinski definition) is 1. The normalized spacial score (nSPS) is 23.2. The maximum Gasteiger partial charge on any atom is 0.00956 e. The van der Waals surface area contributed by atoms with E-state index in [-0.39, 0.29) is 0 Å². The molecular weight excluding hydrogens is 242 g/mol. The Bertz CT molecular complexity index is 232. The van der Waals surface area contributed by atoms with Crippen molar-refractivity contribution in [3.8, 4) is 0 Å². The van der Waals surface area contributed by atoms with E-state index in [0.29, 0.717) is 35.6 Å². The van der Waals surface area contributed by atoms with E-state index < -0.39 is 0 Å². The number of nitrogens with two attached hydrogens (primary N) is 1. The molecule has 0 amide bonds. The summed E-state index contributed by atoms with van der Waals surface area (Å²) in [6.07, 6.45) is 0. The summed E-state index contributed by atoms with van der Waals surface area (Å²) < 4.78 is 0. The van der Waals surface area contributed by atoms with Crippen molar-refractivity contribution in [2.75, 3.05) is 0 Å². The second-order valence-corrected chi connectivity index (χ2v) is 8.22. The Labute approximate surface area is 129 Å². The highest BCUT2D eigenvalue weighted by molar-refractivity contribution is 4.85. The molecule has 2 N–H and O–H groups in total. The van der Waals surface area contributed by atoms with E-state index >= 15 is 0 Å². The highest BCUT2D eigenvalue weighted by Gasteiger charge is 2.32. The first-order chi connectivity index (χ1) is 9.02. The van der Waals surface area contributed by atoms with Gasteiger partial charge in [0.05, 0.1) is 0 Å². The lowest BCUT2D eigenvalue weighted by molar-refractivity contribution is 0.125. The molecule has 0 saturated carbocycles. The summed E-state index contributed by atoms with van der Waals surface area (Å²) in [7, 11) is 0. The molecule has 0 aromatic rings. The zero-order valence-electron chi connectivity index (χ0n) is 15.8. The lowest BCUT2D eigenvalue weighted by atomic mass is 9.69. The minimum atomic E-state index is 0.309. The van der Waals surface area contributed by atoms with Crippen LogP contribution < -0.4 is 5.73 Å². The van der Waals surface area contributed by atoms with Gasteiger partial charge >= 0.3 is 0 Å². The Morgan fingerprint density at radius 2 is 0.650 bits per heavy atom. The summed E-state index contributed by atoms with van der Waals surface area (Å²) in [5, 5.41) is 0. The SMILES string of the molecule is CC(C)C(C)C(C)C(C)C(C)C(N)C(C)C(C)C(C)C. The molecule has 0 bridgehead atoms. The molecule has 0 heterocycles. The standard InChI is InChI=1S/C19H41N/c1-11(2)13(5)15(7)16(8)18(10)19(20)17(9)14(6)12(3)4/h11-19H,20H2,1-10H3. The predicted octanol–water partition coefficient (Wildman–Crippen LogP) is 5.44. The fourth-order valence-corrected chi connectivity index (χ4v) is 3.35. The summed E-state index contributed by atoms with van der Waals surface area (Å²) in [5.41, 5.74) is 6.61. The van der Waals surface area contributed by atoms with Gasteiger partial charge in [-0.05, 0) is 47.3 Å². The predicted molar refractivity (Wildman–Crippen MR) is 92.6 cm³/mol. The van der Waals surface area contributed by atoms with E-state index in [1.165, 1.54) is 0 Å². The molecule has 0 saturated heterocycles. The lowest BCUT2D eigenvalue weighted by Crippen LogP contribution is -2.43.